The first-order valence-corrected chi connectivity index (χ1v) is 9.19. The van der Waals surface area contributed by atoms with Crippen LogP contribution in [0.1, 0.15) is 41.3 Å². The highest BCUT2D eigenvalue weighted by Gasteiger charge is 2.40. The molecule has 1 aliphatic carbocycles. The first-order chi connectivity index (χ1) is 12.3. The summed E-state index contributed by atoms with van der Waals surface area (Å²) in [5.41, 5.74) is -0.407. The van der Waals surface area contributed by atoms with Gasteiger partial charge in [-0.15, -0.1) is 11.8 Å². The fourth-order valence-electron chi connectivity index (χ4n) is 3.19. The van der Waals surface area contributed by atoms with Gasteiger partial charge in [0.05, 0.1) is 11.1 Å². The van der Waals surface area contributed by atoms with Crippen molar-refractivity contribution in [1.82, 2.24) is 4.98 Å². The Bertz CT molecular complexity index is 871. The number of alkyl halides is 3. The van der Waals surface area contributed by atoms with E-state index in [9.17, 15) is 22.8 Å². The number of halogens is 4. The van der Waals surface area contributed by atoms with Crippen molar-refractivity contribution in [1.29, 1.82) is 5.26 Å². The third-order valence-corrected chi connectivity index (χ3v) is 5.52. The zero-order valence-corrected chi connectivity index (χ0v) is 14.8. The molecule has 2 aromatic rings. The van der Waals surface area contributed by atoms with Gasteiger partial charge in [-0.05, 0) is 42.4 Å². The second kappa shape index (κ2) is 7.28. The highest BCUT2D eigenvalue weighted by molar-refractivity contribution is 7.98. The van der Waals surface area contributed by atoms with Crippen molar-refractivity contribution >= 4 is 11.8 Å². The maximum Gasteiger partial charge on any atom is 0.418 e. The molecule has 0 amide bonds. The molecular formula is C19H16F4N2S. The van der Waals surface area contributed by atoms with Gasteiger partial charge < -0.3 is 0 Å². The van der Waals surface area contributed by atoms with E-state index in [1.807, 2.05) is 6.92 Å². The summed E-state index contributed by atoms with van der Waals surface area (Å²) >= 11 is 0.969. The topological polar surface area (TPSA) is 36.7 Å². The number of nitrogens with zero attached hydrogens (tertiary/aromatic N) is 2. The largest absolute Gasteiger partial charge is 0.418 e. The number of pyridine rings is 1. The zero-order chi connectivity index (χ0) is 18.9. The number of hydrogen-bond acceptors (Lipinski definition) is 3. The van der Waals surface area contributed by atoms with E-state index >= 15 is 0 Å². The second-order valence-corrected chi connectivity index (χ2v) is 7.39. The SMILES string of the molecule is C[C@@H]1CCc2nc(SCc3ccccc3F)c(C#N)c(C(F)(F)F)c2C1. The molecule has 0 unspecified atom stereocenters. The summed E-state index contributed by atoms with van der Waals surface area (Å²) in [7, 11) is 0. The molecule has 2 nitrogen and oxygen atoms in total. The predicted octanol–water partition coefficient (Wildman–Crippen LogP) is 5.53. The Hall–Kier alpha value is -2.07. The Morgan fingerprint density at radius 1 is 1.31 bits per heavy atom. The lowest BCUT2D eigenvalue weighted by Gasteiger charge is -2.26. The molecule has 3 rings (SSSR count). The maximum absolute atomic E-state index is 13.8. The minimum atomic E-state index is -4.62. The molecule has 1 aromatic carbocycles. The van der Waals surface area contributed by atoms with Crippen LogP contribution in [-0.2, 0) is 24.8 Å². The van der Waals surface area contributed by atoms with E-state index in [2.05, 4.69) is 4.98 Å². The van der Waals surface area contributed by atoms with E-state index in [4.69, 9.17) is 0 Å². The number of benzene rings is 1. The lowest BCUT2D eigenvalue weighted by Crippen LogP contribution is -2.22. The van der Waals surface area contributed by atoms with E-state index in [-0.39, 0.29) is 28.7 Å². The number of thioether (sulfide) groups is 1. The van der Waals surface area contributed by atoms with Crippen LogP contribution in [0.5, 0.6) is 0 Å². The number of nitriles is 1. The van der Waals surface area contributed by atoms with Crippen molar-refractivity contribution in [2.24, 2.45) is 5.92 Å². The Labute approximate surface area is 153 Å². The average molecular weight is 380 g/mol. The molecule has 0 bridgehead atoms. The number of aryl methyl sites for hydroxylation is 1. The van der Waals surface area contributed by atoms with Gasteiger partial charge in [-0.1, -0.05) is 25.1 Å². The van der Waals surface area contributed by atoms with Crippen molar-refractivity contribution < 1.29 is 17.6 Å². The van der Waals surface area contributed by atoms with E-state index in [0.717, 1.165) is 18.2 Å². The zero-order valence-electron chi connectivity index (χ0n) is 14.0. The Balaban J connectivity index is 2.06. The van der Waals surface area contributed by atoms with Crippen LogP contribution in [0.25, 0.3) is 0 Å². The van der Waals surface area contributed by atoms with Gasteiger partial charge in [0.1, 0.15) is 16.9 Å². The van der Waals surface area contributed by atoms with Gasteiger partial charge in [0, 0.05) is 11.4 Å². The van der Waals surface area contributed by atoms with Gasteiger partial charge in [-0.25, -0.2) is 9.37 Å². The monoisotopic (exact) mass is 380 g/mol. The van der Waals surface area contributed by atoms with Crippen molar-refractivity contribution in [2.75, 3.05) is 0 Å². The normalized spacial score (nSPS) is 16.8. The Morgan fingerprint density at radius 3 is 2.69 bits per heavy atom. The molecular weight excluding hydrogens is 364 g/mol. The Kier molecular flexibility index (Phi) is 5.24. The molecule has 1 aromatic heterocycles. The molecule has 0 saturated heterocycles. The van der Waals surface area contributed by atoms with Crippen LogP contribution >= 0.6 is 11.8 Å². The van der Waals surface area contributed by atoms with Gasteiger partial charge in [-0.2, -0.15) is 18.4 Å². The van der Waals surface area contributed by atoms with Gasteiger partial charge in [0.2, 0.25) is 0 Å². The molecule has 0 aliphatic heterocycles. The molecule has 0 N–H and O–H groups in total. The van der Waals surface area contributed by atoms with E-state index in [1.54, 1.807) is 24.3 Å². The number of aromatic nitrogens is 1. The van der Waals surface area contributed by atoms with Crippen LogP contribution in [0.2, 0.25) is 0 Å². The highest BCUT2D eigenvalue weighted by atomic mass is 32.2. The van der Waals surface area contributed by atoms with Crippen LogP contribution in [0.15, 0.2) is 29.3 Å². The van der Waals surface area contributed by atoms with Crippen LogP contribution < -0.4 is 0 Å². The summed E-state index contributed by atoms with van der Waals surface area (Å²) in [6.07, 6.45) is -3.13. The lowest BCUT2D eigenvalue weighted by molar-refractivity contribution is -0.138. The number of hydrogen-bond donors (Lipinski definition) is 0. The van der Waals surface area contributed by atoms with Gasteiger partial charge in [0.25, 0.3) is 0 Å². The average Bonchev–Trinajstić information content (AvgIpc) is 2.58. The quantitative estimate of drug-likeness (QED) is 0.519. The van der Waals surface area contributed by atoms with Crippen LogP contribution in [0.4, 0.5) is 17.6 Å². The Morgan fingerprint density at radius 2 is 2.04 bits per heavy atom. The predicted molar refractivity (Wildman–Crippen MR) is 91.1 cm³/mol. The van der Waals surface area contributed by atoms with Gasteiger partial charge >= 0.3 is 6.18 Å². The van der Waals surface area contributed by atoms with Crippen LogP contribution in [0, 0.1) is 23.1 Å². The van der Waals surface area contributed by atoms with E-state index < -0.39 is 23.1 Å². The van der Waals surface area contributed by atoms with Crippen LogP contribution in [0.3, 0.4) is 0 Å². The molecule has 26 heavy (non-hydrogen) atoms. The standard InChI is InChI=1S/C19H16F4N2S/c1-11-6-7-16-13(8-11)17(19(21,22)23)14(9-24)18(25-16)26-10-12-4-2-3-5-15(12)20/h2-5,11H,6-8,10H2,1H3/t11-/m1/s1. The van der Waals surface area contributed by atoms with Crippen molar-refractivity contribution in [3.8, 4) is 6.07 Å². The maximum atomic E-state index is 13.8. The first-order valence-electron chi connectivity index (χ1n) is 8.20. The number of rotatable bonds is 3. The third kappa shape index (κ3) is 3.70. The molecule has 0 fully saturated rings. The van der Waals surface area contributed by atoms with E-state index in [1.165, 1.54) is 6.07 Å². The summed E-state index contributed by atoms with van der Waals surface area (Å²) in [5, 5.41) is 9.43. The summed E-state index contributed by atoms with van der Waals surface area (Å²) in [5.74, 6) is -0.198. The van der Waals surface area contributed by atoms with Crippen molar-refractivity contribution in [3.05, 3.63) is 58.0 Å². The lowest BCUT2D eigenvalue weighted by atomic mass is 9.84. The highest BCUT2D eigenvalue weighted by Crippen LogP contribution is 2.42. The molecule has 1 atom stereocenters. The summed E-state index contributed by atoms with van der Waals surface area (Å²) < 4.78 is 54.9. The van der Waals surface area contributed by atoms with Crippen molar-refractivity contribution in [2.45, 2.75) is 43.1 Å². The summed E-state index contributed by atoms with van der Waals surface area (Å²) in [6.45, 7) is 1.90. The molecule has 1 heterocycles. The van der Waals surface area contributed by atoms with Gasteiger partial charge in [-0.3, -0.25) is 0 Å². The van der Waals surface area contributed by atoms with E-state index in [0.29, 0.717) is 17.7 Å². The fourth-order valence-corrected chi connectivity index (χ4v) is 4.18. The molecule has 7 heteroatoms. The molecule has 136 valence electrons. The van der Waals surface area contributed by atoms with Crippen LogP contribution in [-0.4, -0.2) is 4.98 Å². The molecule has 0 spiro atoms. The molecule has 1 aliphatic rings. The van der Waals surface area contributed by atoms with Crippen molar-refractivity contribution in [3.63, 3.8) is 0 Å². The minimum Gasteiger partial charge on any atom is -0.245 e. The smallest absolute Gasteiger partial charge is 0.245 e. The van der Waals surface area contributed by atoms with Gasteiger partial charge in [0.15, 0.2) is 0 Å². The summed E-state index contributed by atoms with van der Waals surface area (Å²) in [4.78, 5) is 4.36. The molecule has 0 radical (unpaired) electrons. The molecule has 0 saturated carbocycles. The first kappa shape index (κ1) is 18.7. The summed E-state index contributed by atoms with van der Waals surface area (Å²) in [6, 6.07) is 7.76. The second-order valence-electron chi connectivity index (χ2n) is 6.43. The fraction of sp³-hybridized carbons (Fsp3) is 0.368. The third-order valence-electron chi connectivity index (χ3n) is 4.49. The minimum absolute atomic E-state index is 0.0244. The number of fused-ring (bicyclic) bond motifs is 1.